The van der Waals surface area contributed by atoms with Gasteiger partial charge in [0, 0.05) is 27.1 Å². The van der Waals surface area contributed by atoms with E-state index in [4.69, 9.17) is 4.74 Å². The monoisotopic (exact) mass is 507 g/mol. The number of thioether (sulfide) groups is 1. The average Bonchev–Trinajstić information content (AvgIpc) is 3.34. The molecule has 9 heteroatoms. The molecule has 0 fully saturated rings. The fraction of sp³-hybridized carbons (Fsp3) is 0.115. The van der Waals surface area contributed by atoms with Gasteiger partial charge in [-0.15, -0.1) is 23.1 Å². The first-order chi connectivity index (χ1) is 16.9. The molecule has 2 N–H and O–H groups in total. The predicted molar refractivity (Wildman–Crippen MR) is 139 cm³/mol. The van der Waals surface area contributed by atoms with Crippen LogP contribution in [0.3, 0.4) is 0 Å². The Balaban J connectivity index is 1.32. The summed E-state index contributed by atoms with van der Waals surface area (Å²) in [6, 6.07) is 20.1. The van der Waals surface area contributed by atoms with E-state index in [1.54, 1.807) is 19.2 Å². The fourth-order valence-corrected chi connectivity index (χ4v) is 4.72. The zero-order valence-electron chi connectivity index (χ0n) is 18.9. The number of methoxy groups -OCH3 is 1. The number of aromatic nitrogens is 1. The molecule has 1 unspecified atom stereocenters. The minimum atomic E-state index is -0.395. The van der Waals surface area contributed by atoms with Crippen molar-refractivity contribution in [2.24, 2.45) is 0 Å². The summed E-state index contributed by atoms with van der Waals surface area (Å²) >= 11 is 2.76. The van der Waals surface area contributed by atoms with E-state index in [-0.39, 0.29) is 17.1 Å². The predicted octanol–water partition coefficient (Wildman–Crippen LogP) is 6.33. The lowest BCUT2D eigenvalue weighted by molar-refractivity contribution is -0.115. The van der Waals surface area contributed by atoms with E-state index in [1.165, 1.54) is 47.4 Å². The summed E-state index contributed by atoms with van der Waals surface area (Å²) in [4.78, 5) is 30.4. The quantitative estimate of drug-likeness (QED) is 0.273. The van der Waals surface area contributed by atoms with Gasteiger partial charge in [-0.1, -0.05) is 12.1 Å². The molecule has 4 rings (SSSR count). The van der Waals surface area contributed by atoms with Crippen molar-refractivity contribution < 1.29 is 18.7 Å². The minimum absolute atomic E-state index is 0.157. The second-order valence-electron chi connectivity index (χ2n) is 7.50. The Bertz CT molecular complexity index is 1320. The molecule has 178 valence electrons. The second-order valence-corrected chi connectivity index (χ2v) is 9.78. The molecule has 4 aromatic rings. The summed E-state index contributed by atoms with van der Waals surface area (Å²) in [7, 11) is 1.61. The molecule has 0 saturated carbocycles. The number of rotatable bonds is 8. The van der Waals surface area contributed by atoms with Crippen molar-refractivity contribution in [2.75, 3.05) is 17.7 Å². The molecule has 3 aromatic carbocycles. The molecule has 0 aliphatic heterocycles. The van der Waals surface area contributed by atoms with Gasteiger partial charge < -0.3 is 15.4 Å². The summed E-state index contributed by atoms with van der Waals surface area (Å²) in [6.45, 7) is 1.82. The number of amides is 2. The van der Waals surface area contributed by atoms with E-state index in [0.29, 0.717) is 16.4 Å². The maximum Gasteiger partial charge on any atom is 0.255 e. The highest BCUT2D eigenvalue weighted by Crippen LogP contribution is 2.29. The van der Waals surface area contributed by atoms with Crippen LogP contribution in [0.5, 0.6) is 5.75 Å². The van der Waals surface area contributed by atoms with E-state index < -0.39 is 5.82 Å². The first-order valence-electron chi connectivity index (χ1n) is 10.7. The zero-order chi connectivity index (χ0) is 24.8. The molecule has 1 heterocycles. The van der Waals surface area contributed by atoms with E-state index in [1.807, 2.05) is 48.7 Å². The van der Waals surface area contributed by atoms with Gasteiger partial charge in [0.2, 0.25) is 5.91 Å². The third-order valence-electron chi connectivity index (χ3n) is 5.00. The minimum Gasteiger partial charge on any atom is -0.497 e. The molecule has 0 aliphatic rings. The van der Waals surface area contributed by atoms with Crippen molar-refractivity contribution in [3.05, 3.63) is 89.6 Å². The number of carbonyl (C=O) groups is 2. The van der Waals surface area contributed by atoms with Crippen LogP contribution in [0, 0.1) is 5.82 Å². The number of anilines is 2. The number of hydrogen-bond acceptors (Lipinski definition) is 6. The van der Waals surface area contributed by atoms with Crippen LogP contribution in [0.2, 0.25) is 0 Å². The van der Waals surface area contributed by atoms with Crippen molar-refractivity contribution in [3.8, 4) is 17.0 Å². The van der Waals surface area contributed by atoms with Crippen LogP contribution in [0.1, 0.15) is 17.3 Å². The first-order valence-corrected chi connectivity index (χ1v) is 12.4. The lowest BCUT2D eigenvalue weighted by Gasteiger charge is -2.11. The van der Waals surface area contributed by atoms with Gasteiger partial charge in [-0.05, 0) is 67.6 Å². The molecular formula is C26H22FN3O3S2. The Morgan fingerprint density at radius 1 is 1.03 bits per heavy atom. The maximum atomic E-state index is 13.0. The van der Waals surface area contributed by atoms with E-state index >= 15 is 0 Å². The van der Waals surface area contributed by atoms with Crippen molar-refractivity contribution >= 4 is 45.7 Å². The number of halogens is 1. The first kappa shape index (κ1) is 24.4. The van der Waals surface area contributed by atoms with Gasteiger partial charge in [0.25, 0.3) is 5.91 Å². The third kappa shape index (κ3) is 6.46. The summed E-state index contributed by atoms with van der Waals surface area (Å²) in [5, 5.41) is 7.70. The largest absolute Gasteiger partial charge is 0.497 e. The van der Waals surface area contributed by atoms with Gasteiger partial charge in [0.1, 0.15) is 11.6 Å². The molecule has 0 spiro atoms. The van der Waals surface area contributed by atoms with Crippen molar-refractivity contribution in [3.63, 3.8) is 0 Å². The molecule has 6 nitrogen and oxygen atoms in total. The summed E-state index contributed by atoms with van der Waals surface area (Å²) in [5.41, 5.74) is 2.65. The molecule has 0 bridgehead atoms. The molecule has 35 heavy (non-hydrogen) atoms. The van der Waals surface area contributed by atoms with Crippen molar-refractivity contribution in [2.45, 2.75) is 17.1 Å². The highest BCUT2D eigenvalue weighted by atomic mass is 32.2. The smallest absolute Gasteiger partial charge is 0.255 e. The Labute approximate surface area is 210 Å². The van der Waals surface area contributed by atoms with Gasteiger partial charge in [0.15, 0.2) is 5.13 Å². The average molecular weight is 508 g/mol. The molecule has 1 atom stereocenters. The van der Waals surface area contributed by atoms with Crippen LogP contribution in [0.15, 0.2) is 83.1 Å². The van der Waals surface area contributed by atoms with Gasteiger partial charge >= 0.3 is 0 Å². The van der Waals surface area contributed by atoms with Crippen LogP contribution in [0.4, 0.5) is 15.2 Å². The number of ether oxygens (including phenoxy) is 1. The van der Waals surface area contributed by atoms with Crippen LogP contribution >= 0.6 is 23.1 Å². The van der Waals surface area contributed by atoms with Gasteiger partial charge in [-0.3, -0.25) is 9.59 Å². The van der Waals surface area contributed by atoms with E-state index in [9.17, 15) is 14.0 Å². The Morgan fingerprint density at radius 2 is 1.77 bits per heavy atom. The number of benzene rings is 3. The number of thiazole rings is 1. The summed E-state index contributed by atoms with van der Waals surface area (Å²) < 4.78 is 18.3. The normalized spacial score (nSPS) is 11.5. The molecule has 2 amide bonds. The van der Waals surface area contributed by atoms with Crippen LogP contribution in [-0.2, 0) is 4.79 Å². The molecular weight excluding hydrogens is 485 g/mol. The Kier molecular flexibility index (Phi) is 7.79. The van der Waals surface area contributed by atoms with Gasteiger partial charge in [-0.2, -0.15) is 0 Å². The standard InChI is InChI=1S/C26H22FN3O3S2/c1-16(24(31)30-26-29-23(15-34-26)18-4-3-5-21(14-18)33-2)35-22-12-10-20(11-13-22)28-25(32)17-6-8-19(27)9-7-17/h3-16H,1-2H3,(H,28,32)(H,29,30,31). The number of nitrogens with one attached hydrogen (secondary N) is 2. The zero-order valence-corrected chi connectivity index (χ0v) is 20.6. The number of nitrogens with zero attached hydrogens (tertiary/aromatic N) is 1. The topological polar surface area (TPSA) is 80.3 Å². The van der Waals surface area contributed by atoms with E-state index in [0.717, 1.165) is 21.9 Å². The third-order valence-corrected chi connectivity index (χ3v) is 6.87. The Hall–Kier alpha value is -3.69. The molecule has 1 aromatic heterocycles. The highest BCUT2D eigenvalue weighted by Gasteiger charge is 2.17. The lowest BCUT2D eigenvalue weighted by atomic mass is 10.2. The summed E-state index contributed by atoms with van der Waals surface area (Å²) in [5.74, 6) is -0.134. The molecule has 0 radical (unpaired) electrons. The van der Waals surface area contributed by atoms with Crippen LogP contribution in [-0.4, -0.2) is 29.2 Å². The molecule has 0 aliphatic carbocycles. The van der Waals surface area contributed by atoms with Crippen molar-refractivity contribution in [1.29, 1.82) is 0 Å². The van der Waals surface area contributed by atoms with E-state index in [2.05, 4.69) is 15.6 Å². The SMILES string of the molecule is COc1cccc(-c2csc(NC(=O)C(C)Sc3ccc(NC(=O)c4ccc(F)cc4)cc3)n2)c1. The fourth-order valence-electron chi connectivity index (χ4n) is 3.13. The molecule has 0 saturated heterocycles. The maximum absolute atomic E-state index is 13.0. The Morgan fingerprint density at radius 3 is 2.49 bits per heavy atom. The number of hydrogen-bond donors (Lipinski definition) is 2. The lowest BCUT2D eigenvalue weighted by Crippen LogP contribution is -2.22. The van der Waals surface area contributed by atoms with Crippen molar-refractivity contribution in [1.82, 2.24) is 4.98 Å². The van der Waals surface area contributed by atoms with Gasteiger partial charge in [-0.25, -0.2) is 9.37 Å². The second kappa shape index (κ2) is 11.2. The van der Waals surface area contributed by atoms with Crippen LogP contribution < -0.4 is 15.4 Å². The van der Waals surface area contributed by atoms with Crippen LogP contribution in [0.25, 0.3) is 11.3 Å². The summed E-state index contributed by atoms with van der Waals surface area (Å²) in [6.07, 6.45) is 0. The highest BCUT2D eigenvalue weighted by molar-refractivity contribution is 8.00. The number of carbonyl (C=O) groups excluding carboxylic acids is 2. The van der Waals surface area contributed by atoms with Gasteiger partial charge in [0.05, 0.1) is 18.1 Å².